The average molecular weight is 271 g/mol. The number of carboxylic acid groups (broad SMARTS) is 1. The van der Waals surface area contributed by atoms with Gasteiger partial charge in [-0.2, -0.15) is 0 Å². The zero-order valence-electron chi connectivity index (χ0n) is 12.5. The van der Waals surface area contributed by atoms with Crippen LogP contribution in [-0.2, 0) is 9.53 Å². The van der Waals surface area contributed by atoms with Gasteiger partial charge in [-0.15, -0.1) is 0 Å². The summed E-state index contributed by atoms with van der Waals surface area (Å²) in [4.78, 5) is 25.2. The molecule has 0 heterocycles. The lowest BCUT2D eigenvalue weighted by Gasteiger charge is -2.39. The normalized spacial score (nSPS) is 27.1. The molecule has 0 aromatic rings. The fourth-order valence-corrected chi connectivity index (χ4v) is 2.96. The summed E-state index contributed by atoms with van der Waals surface area (Å²) in [6, 6.07) is 0. The van der Waals surface area contributed by atoms with E-state index >= 15 is 0 Å². The number of nitrogens with zero attached hydrogens (tertiary/aromatic N) is 1. The Morgan fingerprint density at radius 3 is 2.42 bits per heavy atom. The smallest absolute Gasteiger partial charge is 0.410 e. The molecule has 110 valence electrons. The van der Waals surface area contributed by atoms with Crippen molar-refractivity contribution in [2.24, 2.45) is 5.92 Å². The predicted octanol–water partition coefficient (Wildman–Crippen LogP) is 2.89. The first kappa shape index (κ1) is 15.8. The van der Waals surface area contributed by atoms with E-state index in [0.29, 0.717) is 6.42 Å². The summed E-state index contributed by atoms with van der Waals surface area (Å²) in [7, 11) is 1.54. The molecule has 1 rings (SSSR count). The molecular weight excluding hydrogens is 246 g/mol. The van der Waals surface area contributed by atoms with E-state index in [-0.39, 0.29) is 5.92 Å². The first-order chi connectivity index (χ1) is 8.65. The van der Waals surface area contributed by atoms with Crippen molar-refractivity contribution in [3.8, 4) is 0 Å². The molecule has 1 fully saturated rings. The highest BCUT2D eigenvalue weighted by Gasteiger charge is 2.53. The lowest BCUT2D eigenvalue weighted by molar-refractivity contribution is -0.153. The third-order valence-corrected chi connectivity index (χ3v) is 3.91. The zero-order valence-corrected chi connectivity index (χ0v) is 12.5. The molecule has 1 aliphatic rings. The number of rotatable bonds is 3. The van der Waals surface area contributed by atoms with Crippen LogP contribution in [0.5, 0.6) is 0 Å². The summed E-state index contributed by atoms with van der Waals surface area (Å²) in [6.07, 6.45) is 2.36. The summed E-state index contributed by atoms with van der Waals surface area (Å²) < 4.78 is 5.30. The Bertz CT molecular complexity index is 361. The molecular formula is C14H25NO4. The number of ether oxygens (including phenoxy) is 1. The molecule has 0 aliphatic heterocycles. The van der Waals surface area contributed by atoms with Gasteiger partial charge in [-0.1, -0.05) is 19.8 Å². The maximum atomic E-state index is 12.2. The summed E-state index contributed by atoms with van der Waals surface area (Å²) in [5.74, 6) is -0.937. The fraction of sp³-hybridized carbons (Fsp3) is 0.857. The van der Waals surface area contributed by atoms with E-state index in [9.17, 15) is 14.7 Å². The summed E-state index contributed by atoms with van der Waals surface area (Å²) in [5.41, 5.74) is -1.73. The third kappa shape index (κ3) is 3.01. The number of likely N-dealkylation sites (N-methyl/N-ethyl adjacent to an activating group) is 1. The van der Waals surface area contributed by atoms with Crippen molar-refractivity contribution < 1.29 is 19.4 Å². The minimum atomic E-state index is -1.11. The standard InChI is InChI=1S/C14H25NO4/c1-6-10-8-7-9-14(10,11(16)17)15(5)12(18)19-13(2,3)4/h10H,6-9H2,1-5H3,(H,16,17). The molecule has 5 nitrogen and oxygen atoms in total. The van der Waals surface area contributed by atoms with Crippen LogP contribution in [0, 0.1) is 5.92 Å². The quantitative estimate of drug-likeness (QED) is 0.857. The van der Waals surface area contributed by atoms with E-state index in [1.165, 1.54) is 11.9 Å². The maximum Gasteiger partial charge on any atom is 0.410 e. The second-order valence-corrected chi connectivity index (χ2v) is 6.27. The van der Waals surface area contributed by atoms with Gasteiger partial charge >= 0.3 is 12.1 Å². The van der Waals surface area contributed by atoms with Crippen LogP contribution in [0.3, 0.4) is 0 Å². The Labute approximate surface area is 114 Å². The Morgan fingerprint density at radius 1 is 1.42 bits per heavy atom. The van der Waals surface area contributed by atoms with E-state index in [0.717, 1.165) is 19.3 Å². The van der Waals surface area contributed by atoms with E-state index < -0.39 is 23.2 Å². The van der Waals surface area contributed by atoms with Crippen LogP contribution in [0.25, 0.3) is 0 Å². The van der Waals surface area contributed by atoms with Crippen LogP contribution < -0.4 is 0 Å². The lowest BCUT2D eigenvalue weighted by Crippen LogP contribution is -2.58. The van der Waals surface area contributed by atoms with Crippen molar-refractivity contribution in [1.29, 1.82) is 0 Å². The van der Waals surface area contributed by atoms with E-state index in [1.54, 1.807) is 20.8 Å². The van der Waals surface area contributed by atoms with Crippen LogP contribution >= 0.6 is 0 Å². The number of carbonyl (C=O) groups is 2. The molecule has 0 bridgehead atoms. The second kappa shape index (κ2) is 5.39. The highest BCUT2D eigenvalue weighted by molar-refractivity contribution is 5.85. The fourth-order valence-electron chi connectivity index (χ4n) is 2.96. The van der Waals surface area contributed by atoms with Crippen LogP contribution in [0.1, 0.15) is 53.4 Å². The number of amides is 1. The predicted molar refractivity (Wildman–Crippen MR) is 72.0 cm³/mol. The van der Waals surface area contributed by atoms with Crippen molar-refractivity contribution in [2.45, 2.75) is 64.5 Å². The monoisotopic (exact) mass is 271 g/mol. The highest BCUT2D eigenvalue weighted by atomic mass is 16.6. The van der Waals surface area contributed by atoms with Gasteiger partial charge in [0.15, 0.2) is 0 Å². The van der Waals surface area contributed by atoms with Crippen LogP contribution in [-0.4, -0.2) is 40.3 Å². The maximum absolute atomic E-state index is 12.2. The Kier molecular flexibility index (Phi) is 4.48. The van der Waals surface area contributed by atoms with Crippen molar-refractivity contribution in [3.63, 3.8) is 0 Å². The van der Waals surface area contributed by atoms with Gasteiger partial charge in [0.1, 0.15) is 11.1 Å². The SMILES string of the molecule is CCC1CCCC1(C(=O)O)N(C)C(=O)OC(C)(C)C. The second-order valence-electron chi connectivity index (χ2n) is 6.27. The molecule has 0 aromatic carbocycles. The molecule has 19 heavy (non-hydrogen) atoms. The van der Waals surface area contributed by atoms with Gasteiger partial charge in [-0.25, -0.2) is 9.59 Å². The Balaban J connectivity index is 3.00. The number of carbonyl (C=O) groups excluding carboxylic acids is 1. The molecule has 1 aliphatic carbocycles. The van der Waals surface area contributed by atoms with Gasteiger partial charge < -0.3 is 9.84 Å². The topological polar surface area (TPSA) is 66.8 Å². The molecule has 0 spiro atoms. The van der Waals surface area contributed by atoms with Crippen molar-refractivity contribution >= 4 is 12.1 Å². The van der Waals surface area contributed by atoms with E-state index in [2.05, 4.69) is 0 Å². The minimum absolute atomic E-state index is 0.0116. The van der Waals surface area contributed by atoms with Gasteiger partial charge in [0.05, 0.1) is 0 Å². The van der Waals surface area contributed by atoms with Gasteiger partial charge in [-0.05, 0) is 39.5 Å². The molecule has 2 atom stereocenters. The van der Waals surface area contributed by atoms with Crippen molar-refractivity contribution in [2.75, 3.05) is 7.05 Å². The largest absolute Gasteiger partial charge is 0.479 e. The minimum Gasteiger partial charge on any atom is -0.479 e. The molecule has 1 saturated carbocycles. The van der Waals surface area contributed by atoms with Gasteiger partial charge in [0.2, 0.25) is 0 Å². The number of carboxylic acids is 1. The molecule has 0 radical (unpaired) electrons. The summed E-state index contributed by atoms with van der Waals surface area (Å²) in [5, 5.41) is 9.63. The molecule has 0 saturated heterocycles. The third-order valence-electron chi connectivity index (χ3n) is 3.91. The molecule has 5 heteroatoms. The Hall–Kier alpha value is -1.26. The Morgan fingerprint density at radius 2 is 2.00 bits per heavy atom. The van der Waals surface area contributed by atoms with Crippen LogP contribution in [0.2, 0.25) is 0 Å². The summed E-state index contributed by atoms with van der Waals surface area (Å²) >= 11 is 0. The summed E-state index contributed by atoms with van der Waals surface area (Å²) in [6.45, 7) is 7.30. The van der Waals surface area contributed by atoms with Gasteiger partial charge in [-0.3, -0.25) is 4.90 Å². The van der Waals surface area contributed by atoms with Crippen LogP contribution in [0.15, 0.2) is 0 Å². The zero-order chi connectivity index (χ0) is 14.8. The molecule has 1 amide bonds. The first-order valence-corrected chi connectivity index (χ1v) is 6.85. The average Bonchev–Trinajstić information content (AvgIpc) is 2.69. The number of hydrogen-bond donors (Lipinski definition) is 1. The number of hydrogen-bond acceptors (Lipinski definition) is 3. The molecule has 0 aromatic heterocycles. The van der Waals surface area contributed by atoms with E-state index in [1.807, 2.05) is 6.92 Å². The highest BCUT2D eigenvalue weighted by Crippen LogP contribution is 2.42. The lowest BCUT2D eigenvalue weighted by atomic mass is 9.84. The van der Waals surface area contributed by atoms with Gasteiger partial charge in [0.25, 0.3) is 0 Å². The van der Waals surface area contributed by atoms with E-state index in [4.69, 9.17) is 4.74 Å². The molecule has 1 N–H and O–H groups in total. The van der Waals surface area contributed by atoms with Crippen molar-refractivity contribution in [3.05, 3.63) is 0 Å². The van der Waals surface area contributed by atoms with Crippen LogP contribution in [0.4, 0.5) is 4.79 Å². The number of aliphatic carboxylic acids is 1. The first-order valence-electron chi connectivity index (χ1n) is 6.85. The van der Waals surface area contributed by atoms with Crippen molar-refractivity contribution in [1.82, 2.24) is 4.90 Å². The van der Waals surface area contributed by atoms with Gasteiger partial charge in [0, 0.05) is 7.05 Å². The molecule has 2 unspecified atom stereocenters.